The molecule has 2 aliphatic rings. The van der Waals surface area contributed by atoms with E-state index in [0.717, 1.165) is 11.8 Å². The van der Waals surface area contributed by atoms with Gasteiger partial charge in [0.15, 0.2) is 0 Å². The first-order valence-corrected chi connectivity index (χ1v) is 14.0. The molecule has 33 heavy (non-hydrogen) atoms. The Morgan fingerprint density at radius 2 is 1.82 bits per heavy atom. The smallest absolute Gasteiger partial charge is 0.0230 e. The van der Waals surface area contributed by atoms with Gasteiger partial charge in [0.1, 0.15) is 0 Å². The van der Waals surface area contributed by atoms with Gasteiger partial charge in [0.25, 0.3) is 0 Å². The van der Waals surface area contributed by atoms with Crippen molar-refractivity contribution in [3.05, 3.63) is 77.4 Å². The molecule has 0 aromatic heterocycles. The maximum atomic E-state index is 4.33. The van der Waals surface area contributed by atoms with E-state index in [2.05, 4.69) is 68.1 Å². The Bertz CT molecular complexity index is 773. The summed E-state index contributed by atoms with van der Waals surface area (Å²) >= 11 is 0. The van der Waals surface area contributed by atoms with Gasteiger partial charge in [-0.3, -0.25) is 0 Å². The van der Waals surface area contributed by atoms with Gasteiger partial charge >= 0.3 is 0 Å². The zero-order chi connectivity index (χ0) is 23.1. The first kappa shape index (κ1) is 25.8. The van der Waals surface area contributed by atoms with Gasteiger partial charge in [0.05, 0.1) is 0 Å². The summed E-state index contributed by atoms with van der Waals surface area (Å²) in [7, 11) is 0. The number of allylic oxidation sites excluding steroid dienone is 6. The van der Waals surface area contributed by atoms with Crippen LogP contribution in [0.5, 0.6) is 0 Å². The summed E-state index contributed by atoms with van der Waals surface area (Å²) in [6, 6.07) is 9.31. The second-order valence-corrected chi connectivity index (χ2v) is 10.6. The fourth-order valence-corrected chi connectivity index (χ4v) is 5.59. The highest BCUT2D eigenvalue weighted by molar-refractivity contribution is 5.50. The minimum atomic E-state index is 0.788. The second kappa shape index (κ2) is 15.2. The van der Waals surface area contributed by atoms with Crippen LogP contribution in [0.1, 0.15) is 114 Å². The lowest BCUT2D eigenvalue weighted by Gasteiger charge is -2.12. The van der Waals surface area contributed by atoms with Gasteiger partial charge in [-0.25, -0.2) is 0 Å². The lowest BCUT2D eigenvalue weighted by atomic mass is 9.94. The van der Waals surface area contributed by atoms with E-state index in [4.69, 9.17) is 0 Å². The Morgan fingerprint density at radius 3 is 2.61 bits per heavy atom. The molecular weight excluding hydrogens is 396 g/mol. The fraction of sp³-hybridized carbons (Fsp3) is 0.576. The Balaban J connectivity index is 1.28. The molecular formula is C33H48. The highest BCUT2D eigenvalue weighted by atomic mass is 14.2. The average Bonchev–Trinajstić information content (AvgIpc) is 3.07. The quantitative estimate of drug-likeness (QED) is 0.161. The molecule has 0 amide bonds. The van der Waals surface area contributed by atoms with Crippen molar-refractivity contribution in [1.29, 1.82) is 0 Å². The lowest BCUT2D eigenvalue weighted by molar-refractivity contribution is 0.419. The summed E-state index contributed by atoms with van der Waals surface area (Å²) < 4.78 is 0. The molecule has 0 nitrogen and oxygen atoms in total. The molecule has 0 heteroatoms. The summed E-state index contributed by atoms with van der Waals surface area (Å²) in [6.07, 6.45) is 32.7. The zero-order valence-electron chi connectivity index (χ0n) is 21.4. The van der Waals surface area contributed by atoms with Crippen LogP contribution in [-0.4, -0.2) is 0 Å². The molecule has 0 spiro atoms. The fourth-order valence-electron chi connectivity index (χ4n) is 5.59. The molecule has 0 radical (unpaired) electrons. The van der Waals surface area contributed by atoms with E-state index in [1.165, 1.54) is 119 Å². The topological polar surface area (TPSA) is 0 Å². The second-order valence-electron chi connectivity index (χ2n) is 10.6. The third-order valence-electron chi connectivity index (χ3n) is 7.74. The number of benzene rings is 1. The maximum Gasteiger partial charge on any atom is -0.0230 e. The van der Waals surface area contributed by atoms with Crippen molar-refractivity contribution >= 4 is 6.08 Å². The summed E-state index contributed by atoms with van der Waals surface area (Å²) in [5.41, 5.74) is 5.91. The minimum Gasteiger partial charge on any atom is -0.0999 e. The summed E-state index contributed by atoms with van der Waals surface area (Å²) in [5.74, 6) is 1.78. The minimum absolute atomic E-state index is 0.788. The lowest BCUT2D eigenvalue weighted by Crippen LogP contribution is -1.98. The van der Waals surface area contributed by atoms with Gasteiger partial charge in [-0.1, -0.05) is 105 Å². The Hall–Kier alpha value is -1.82. The van der Waals surface area contributed by atoms with Crippen molar-refractivity contribution in [2.24, 2.45) is 11.8 Å². The molecule has 1 saturated carbocycles. The van der Waals surface area contributed by atoms with Crippen molar-refractivity contribution < 1.29 is 0 Å². The van der Waals surface area contributed by atoms with E-state index in [-0.39, 0.29) is 0 Å². The van der Waals surface area contributed by atoms with Gasteiger partial charge in [-0.05, 0) is 100 Å². The summed E-state index contributed by atoms with van der Waals surface area (Å²) in [6.45, 7) is 6.66. The van der Waals surface area contributed by atoms with Crippen molar-refractivity contribution in [1.82, 2.24) is 0 Å². The SMILES string of the molecule is C=C(CCCCc1ccc(C=CC2CCCC(CCC)CC2)cc1)CCCC1=CC=CCC1. The van der Waals surface area contributed by atoms with Crippen molar-refractivity contribution in [3.8, 4) is 0 Å². The predicted octanol–water partition coefficient (Wildman–Crippen LogP) is 10.4. The number of hydrogen-bond donors (Lipinski definition) is 0. The summed E-state index contributed by atoms with van der Waals surface area (Å²) in [4.78, 5) is 0. The zero-order valence-corrected chi connectivity index (χ0v) is 21.4. The Morgan fingerprint density at radius 1 is 0.970 bits per heavy atom. The molecule has 180 valence electrons. The molecule has 3 rings (SSSR count). The normalized spacial score (nSPS) is 21.2. The highest BCUT2D eigenvalue weighted by Crippen LogP contribution is 2.31. The number of unbranched alkanes of at least 4 members (excludes halogenated alkanes) is 1. The number of aryl methyl sites for hydroxylation is 1. The molecule has 1 aromatic carbocycles. The van der Waals surface area contributed by atoms with Crippen LogP contribution in [-0.2, 0) is 6.42 Å². The van der Waals surface area contributed by atoms with Crippen LogP contribution in [0.4, 0.5) is 0 Å². The van der Waals surface area contributed by atoms with Crippen LogP contribution in [0.2, 0.25) is 0 Å². The molecule has 2 unspecified atom stereocenters. The van der Waals surface area contributed by atoms with Crippen molar-refractivity contribution in [3.63, 3.8) is 0 Å². The molecule has 0 bridgehead atoms. The van der Waals surface area contributed by atoms with Gasteiger partial charge in [0.2, 0.25) is 0 Å². The van der Waals surface area contributed by atoms with Crippen LogP contribution in [0, 0.1) is 11.8 Å². The first-order valence-electron chi connectivity index (χ1n) is 14.0. The number of hydrogen-bond acceptors (Lipinski definition) is 0. The van der Waals surface area contributed by atoms with E-state index in [9.17, 15) is 0 Å². The van der Waals surface area contributed by atoms with E-state index in [0.29, 0.717) is 0 Å². The molecule has 0 heterocycles. The molecule has 2 aliphatic carbocycles. The molecule has 2 atom stereocenters. The van der Waals surface area contributed by atoms with Crippen LogP contribution in [0.25, 0.3) is 6.08 Å². The van der Waals surface area contributed by atoms with E-state index >= 15 is 0 Å². The van der Waals surface area contributed by atoms with Gasteiger partial charge in [-0.15, -0.1) is 0 Å². The molecule has 0 aliphatic heterocycles. The van der Waals surface area contributed by atoms with Crippen LogP contribution in [0.3, 0.4) is 0 Å². The first-order chi connectivity index (χ1) is 16.2. The Kier molecular flexibility index (Phi) is 11.8. The van der Waals surface area contributed by atoms with Crippen molar-refractivity contribution in [2.75, 3.05) is 0 Å². The third kappa shape index (κ3) is 10.3. The highest BCUT2D eigenvalue weighted by Gasteiger charge is 2.16. The van der Waals surface area contributed by atoms with Gasteiger partial charge in [0, 0.05) is 0 Å². The van der Waals surface area contributed by atoms with E-state index in [1.807, 2.05) is 0 Å². The number of rotatable bonds is 13. The summed E-state index contributed by atoms with van der Waals surface area (Å²) in [5, 5.41) is 0. The largest absolute Gasteiger partial charge is 0.0999 e. The molecule has 0 N–H and O–H groups in total. The predicted molar refractivity (Wildman–Crippen MR) is 147 cm³/mol. The van der Waals surface area contributed by atoms with Crippen LogP contribution < -0.4 is 0 Å². The Labute approximate surface area is 205 Å². The monoisotopic (exact) mass is 444 g/mol. The third-order valence-corrected chi connectivity index (χ3v) is 7.74. The van der Waals surface area contributed by atoms with E-state index < -0.39 is 0 Å². The standard InChI is InChI=1S/C33H48/c1-3-11-29-18-10-19-32(21-20-29)24-27-33-25-22-31(23-26-33)16-8-7-12-28(2)13-9-17-30-14-5-4-6-15-30/h4-5,14,22-27,29,32H,2-3,6-13,15-21H2,1H3. The van der Waals surface area contributed by atoms with Crippen molar-refractivity contribution in [2.45, 2.75) is 110 Å². The maximum absolute atomic E-state index is 4.33. The molecule has 1 aromatic rings. The van der Waals surface area contributed by atoms with Crippen LogP contribution in [0.15, 0.2) is 66.3 Å². The average molecular weight is 445 g/mol. The molecule has 1 fully saturated rings. The van der Waals surface area contributed by atoms with E-state index in [1.54, 1.807) is 5.57 Å². The van der Waals surface area contributed by atoms with Gasteiger partial charge < -0.3 is 0 Å². The van der Waals surface area contributed by atoms with Crippen LogP contribution >= 0.6 is 0 Å². The molecule has 0 saturated heterocycles. The van der Waals surface area contributed by atoms with Gasteiger partial charge in [-0.2, -0.15) is 0 Å².